The summed E-state index contributed by atoms with van der Waals surface area (Å²) in [4.78, 5) is 12.1. The summed E-state index contributed by atoms with van der Waals surface area (Å²) >= 11 is 1.60. The van der Waals surface area contributed by atoms with Gasteiger partial charge in [-0.25, -0.2) is 5.43 Å². The van der Waals surface area contributed by atoms with Crippen molar-refractivity contribution < 1.29 is 4.79 Å². The van der Waals surface area contributed by atoms with Crippen LogP contribution in [0.3, 0.4) is 0 Å². The van der Waals surface area contributed by atoms with E-state index >= 15 is 0 Å². The zero-order valence-electron chi connectivity index (χ0n) is 14.4. The molecule has 2 rings (SSSR count). The lowest BCUT2D eigenvalue weighted by atomic mass is 10.0. The van der Waals surface area contributed by atoms with Gasteiger partial charge in [0.15, 0.2) is 0 Å². The second kappa shape index (κ2) is 9.28. The van der Waals surface area contributed by atoms with Crippen molar-refractivity contribution in [1.29, 1.82) is 0 Å². The molecule has 0 aliphatic carbocycles. The van der Waals surface area contributed by atoms with Gasteiger partial charge in [0.25, 0.3) is 5.91 Å². The molecule has 0 heterocycles. The maximum absolute atomic E-state index is 12.1. The molecule has 0 aromatic heterocycles. The summed E-state index contributed by atoms with van der Waals surface area (Å²) in [5, 5.41) is 3.91. The van der Waals surface area contributed by atoms with E-state index in [0.29, 0.717) is 5.92 Å². The Balaban J connectivity index is 1.79. The van der Waals surface area contributed by atoms with Crippen LogP contribution in [0.1, 0.15) is 43.4 Å². The van der Waals surface area contributed by atoms with Crippen molar-refractivity contribution in [3.8, 4) is 0 Å². The predicted molar refractivity (Wildman–Crippen MR) is 103 cm³/mol. The van der Waals surface area contributed by atoms with Gasteiger partial charge < -0.3 is 0 Å². The average Bonchev–Trinajstić information content (AvgIpc) is 2.61. The summed E-state index contributed by atoms with van der Waals surface area (Å²) in [5.41, 5.74) is 6.10. The maximum Gasteiger partial charge on any atom is 0.252 e. The highest BCUT2D eigenvalue weighted by atomic mass is 32.2. The second-order valence-electron chi connectivity index (χ2n) is 5.99. The Kier molecular flexibility index (Phi) is 7.07. The molecule has 0 unspecified atom stereocenters. The largest absolute Gasteiger partial charge is 0.272 e. The molecule has 0 saturated carbocycles. The van der Waals surface area contributed by atoms with E-state index in [-0.39, 0.29) is 11.2 Å². The standard InChI is InChI=1S/C20H24N2OS/c1-15(2)19-11-9-17(10-12-19)13-21-22-20(23)16(3)24-14-18-7-5-4-6-8-18/h4-13,15-16H,14H2,1-3H3,(H,22,23)/b21-13-/t16-/m0/s1. The van der Waals surface area contributed by atoms with E-state index in [4.69, 9.17) is 0 Å². The third-order valence-corrected chi connectivity index (χ3v) is 4.92. The maximum atomic E-state index is 12.1. The number of benzene rings is 2. The zero-order valence-corrected chi connectivity index (χ0v) is 15.2. The number of thioether (sulfide) groups is 1. The van der Waals surface area contributed by atoms with Gasteiger partial charge >= 0.3 is 0 Å². The lowest BCUT2D eigenvalue weighted by molar-refractivity contribution is -0.120. The molecule has 1 amide bonds. The summed E-state index contributed by atoms with van der Waals surface area (Å²) in [6, 6.07) is 18.3. The summed E-state index contributed by atoms with van der Waals surface area (Å²) in [6.45, 7) is 6.23. The van der Waals surface area contributed by atoms with E-state index < -0.39 is 0 Å². The van der Waals surface area contributed by atoms with Crippen LogP contribution >= 0.6 is 11.8 Å². The molecular weight excluding hydrogens is 316 g/mol. The molecule has 0 fully saturated rings. The number of amides is 1. The highest BCUT2D eigenvalue weighted by molar-refractivity contribution is 7.99. The molecule has 1 N–H and O–H groups in total. The number of nitrogens with one attached hydrogen (secondary N) is 1. The topological polar surface area (TPSA) is 41.5 Å². The fraction of sp³-hybridized carbons (Fsp3) is 0.300. The smallest absolute Gasteiger partial charge is 0.252 e. The number of hydrogen-bond acceptors (Lipinski definition) is 3. The van der Waals surface area contributed by atoms with Gasteiger partial charge in [-0.3, -0.25) is 4.79 Å². The number of hydrazone groups is 1. The van der Waals surface area contributed by atoms with Gasteiger partial charge in [0.1, 0.15) is 0 Å². The van der Waals surface area contributed by atoms with Crippen molar-refractivity contribution >= 4 is 23.9 Å². The lowest BCUT2D eigenvalue weighted by Gasteiger charge is -2.09. The molecule has 0 radical (unpaired) electrons. The summed E-state index contributed by atoms with van der Waals surface area (Å²) in [7, 11) is 0. The number of hydrogen-bond donors (Lipinski definition) is 1. The highest BCUT2D eigenvalue weighted by Gasteiger charge is 2.12. The third-order valence-electron chi connectivity index (χ3n) is 3.70. The van der Waals surface area contributed by atoms with Gasteiger partial charge in [-0.2, -0.15) is 5.10 Å². The fourth-order valence-electron chi connectivity index (χ4n) is 2.10. The van der Waals surface area contributed by atoms with Crippen LogP contribution in [-0.2, 0) is 10.5 Å². The Morgan fingerprint density at radius 1 is 1.08 bits per heavy atom. The molecule has 0 aliphatic rings. The highest BCUT2D eigenvalue weighted by Crippen LogP contribution is 2.17. The SMILES string of the molecule is CC(C)c1ccc(/C=N\NC(=O)[C@H](C)SCc2ccccc2)cc1. The van der Waals surface area contributed by atoms with Crippen LogP contribution in [0.25, 0.3) is 0 Å². The Labute approximate surface area is 148 Å². The van der Waals surface area contributed by atoms with Crippen LogP contribution < -0.4 is 5.43 Å². The molecule has 2 aromatic carbocycles. The first-order chi connectivity index (χ1) is 11.6. The molecular formula is C20H24N2OS. The van der Waals surface area contributed by atoms with E-state index in [1.807, 2.05) is 37.3 Å². The van der Waals surface area contributed by atoms with E-state index in [9.17, 15) is 4.79 Å². The van der Waals surface area contributed by atoms with Gasteiger partial charge in [-0.1, -0.05) is 68.4 Å². The molecule has 126 valence electrons. The monoisotopic (exact) mass is 340 g/mol. The Morgan fingerprint density at radius 2 is 1.75 bits per heavy atom. The Morgan fingerprint density at radius 3 is 2.38 bits per heavy atom. The quantitative estimate of drug-likeness (QED) is 0.592. The van der Waals surface area contributed by atoms with Gasteiger partial charge in [0, 0.05) is 5.75 Å². The molecule has 2 aromatic rings. The van der Waals surface area contributed by atoms with Crippen molar-refractivity contribution in [3.63, 3.8) is 0 Å². The minimum absolute atomic E-state index is 0.0778. The molecule has 4 heteroatoms. The molecule has 3 nitrogen and oxygen atoms in total. The normalized spacial score (nSPS) is 12.5. The Hall–Kier alpha value is -2.07. The third kappa shape index (κ3) is 5.85. The van der Waals surface area contributed by atoms with Gasteiger partial charge in [-0.15, -0.1) is 11.8 Å². The van der Waals surface area contributed by atoms with E-state index in [2.05, 4.69) is 48.6 Å². The zero-order chi connectivity index (χ0) is 17.4. The molecule has 0 spiro atoms. The first-order valence-electron chi connectivity index (χ1n) is 8.14. The van der Waals surface area contributed by atoms with Crippen LogP contribution in [0.2, 0.25) is 0 Å². The molecule has 0 bridgehead atoms. The van der Waals surface area contributed by atoms with Crippen molar-refractivity contribution in [2.45, 2.75) is 37.7 Å². The van der Waals surface area contributed by atoms with E-state index in [0.717, 1.165) is 11.3 Å². The molecule has 0 saturated heterocycles. The lowest BCUT2D eigenvalue weighted by Crippen LogP contribution is -2.26. The number of rotatable bonds is 7. The number of nitrogens with zero attached hydrogens (tertiary/aromatic N) is 1. The predicted octanol–water partition coefficient (Wildman–Crippen LogP) is 4.58. The molecule has 1 atom stereocenters. The summed E-state index contributed by atoms with van der Waals surface area (Å²) in [5.74, 6) is 1.25. The van der Waals surface area contributed by atoms with Crippen LogP contribution in [0.15, 0.2) is 59.7 Å². The fourth-order valence-corrected chi connectivity index (χ4v) is 2.94. The van der Waals surface area contributed by atoms with Crippen molar-refractivity contribution in [1.82, 2.24) is 5.43 Å². The van der Waals surface area contributed by atoms with Crippen molar-refractivity contribution in [3.05, 3.63) is 71.3 Å². The van der Waals surface area contributed by atoms with Gasteiger partial charge in [-0.05, 0) is 29.5 Å². The van der Waals surface area contributed by atoms with Crippen LogP contribution in [-0.4, -0.2) is 17.4 Å². The summed E-state index contributed by atoms with van der Waals surface area (Å²) in [6.07, 6.45) is 1.68. The minimum Gasteiger partial charge on any atom is -0.272 e. The number of carbonyl (C=O) groups is 1. The van der Waals surface area contributed by atoms with Crippen molar-refractivity contribution in [2.24, 2.45) is 5.10 Å². The Bertz CT molecular complexity index is 666. The minimum atomic E-state index is -0.148. The first kappa shape index (κ1) is 18.3. The average molecular weight is 340 g/mol. The molecule has 0 aliphatic heterocycles. The van der Waals surface area contributed by atoms with Gasteiger partial charge in [0.05, 0.1) is 11.5 Å². The van der Waals surface area contributed by atoms with Crippen LogP contribution in [0, 0.1) is 0 Å². The van der Waals surface area contributed by atoms with Crippen LogP contribution in [0.4, 0.5) is 0 Å². The van der Waals surface area contributed by atoms with Crippen LogP contribution in [0.5, 0.6) is 0 Å². The van der Waals surface area contributed by atoms with Crippen molar-refractivity contribution in [2.75, 3.05) is 0 Å². The van der Waals surface area contributed by atoms with Gasteiger partial charge in [0.2, 0.25) is 0 Å². The second-order valence-corrected chi connectivity index (χ2v) is 7.32. The molecule has 24 heavy (non-hydrogen) atoms. The summed E-state index contributed by atoms with van der Waals surface area (Å²) < 4.78 is 0. The first-order valence-corrected chi connectivity index (χ1v) is 9.19. The number of carbonyl (C=O) groups excluding carboxylic acids is 1. The van der Waals surface area contributed by atoms with E-state index in [1.165, 1.54) is 11.1 Å². The van der Waals surface area contributed by atoms with E-state index in [1.54, 1.807) is 18.0 Å².